The normalized spacial score (nSPS) is 16.4. The zero-order chi connectivity index (χ0) is 16.1. The third-order valence-electron chi connectivity index (χ3n) is 3.86. The van der Waals surface area contributed by atoms with Crippen molar-refractivity contribution >= 4 is 28.5 Å². The Kier molecular flexibility index (Phi) is 2.92. The maximum absolute atomic E-state index is 12.8. The molecule has 1 aliphatic rings. The number of rotatable bonds is 1. The molecule has 5 nitrogen and oxygen atoms in total. The highest BCUT2D eigenvalue weighted by atomic mass is 35.5. The number of carbonyl (C=O) groups is 1. The molecule has 3 aromatic rings. The summed E-state index contributed by atoms with van der Waals surface area (Å²) in [6.45, 7) is 0. The minimum absolute atomic E-state index is 0.00170. The molecule has 0 fully saturated rings. The number of halogens is 1. The SMILES string of the molecule is O=C1N[C@H](c2cccc(O)c2)c2c1oc1ccc(Cl)cc1c2=O. The number of phenols is 1. The summed E-state index contributed by atoms with van der Waals surface area (Å²) in [6.07, 6.45) is 0. The van der Waals surface area contributed by atoms with E-state index in [1.165, 1.54) is 18.2 Å². The van der Waals surface area contributed by atoms with Crippen LogP contribution in [0.1, 0.15) is 27.7 Å². The highest BCUT2D eigenvalue weighted by molar-refractivity contribution is 6.31. The van der Waals surface area contributed by atoms with Crippen LogP contribution < -0.4 is 10.7 Å². The molecule has 6 heteroatoms. The number of hydrogen-bond acceptors (Lipinski definition) is 4. The predicted octanol–water partition coefficient (Wildman–Crippen LogP) is 2.98. The average molecular weight is 328 g/mol. The van der Waals surface area contributed by atoms with Crippen molar-refractivity contribution in [3.63, 3.8) is 0 Å². The van der Waals surface area contributed by atoms with Crippen LogP contribution in [0.25, 0.3) is 11.0 Å². The zero-order valence-electron chi connectivity index (χ0n) is 11.7. The minimum atomic E-state index is -0.663. The number of aromatic hydroxyl groups is 1. The molecular weight excluding hydrogens is 318 g/mol. The number of carbonyl (C=O) groups excluding carboxylic acids is 1. The number of amides is 1. The van der Waals surface area contributed by atoms with Gasteiger partial charge in [0.05, 0.1) is 17.0 Å². The van der Waals surface area contributed by atoms with Gasteiger partial charge in [0.15, 0.2) is 5.43 Å². The second-order valence-electron chi connectivity index (χ2n) is 5.32. The molecule has 1 aromatic heterocycles. The molecule has 0 saturated heterocycles. The fourth-order valence-electron chi connectivity index (χ4n) is 2.84. The molecule has 0 aliphatic carbocycles. The van der Waals surface area contributed by atoms with E-state index in [1.54, 1.807) is 24.3 Å². The summed E-state index contributed by atoms with van der Waals surface area (Å²) < 4.78 is 5.60. The van der Waals surface area contributed by atoms with Gasteiger partial charge in [0.25, 0.3) is 5.91 Å². The molecule has 4 rings (SSSR count). The molecule has 0 bridgehead atoms. The monoisotopic (exact) mass is 327 g/mol. The first kappa shape index (κ1) is 13.8. The van der Waals surface area contributed by atoms with Crippen molar-refractivity contribution in [2.75, 3.05) is 0 Å². The Morgan fingerprint density at radius 1 is 1.13 bits per heavy atom. The van der Waals surface area contributed by atoms with Gasteiger partial charge in [0.2, 0.25) is 5.76 Å². The van der Waals surface area contributed by atoms with Gasteiger partial charge < -0.3 is 14.8 Å². The van der Waals surface area contributed by atoms with Crippen molar-refractivity contribution in [2.45, 2.75) is 6.04 Å². The van der Waals surface area contributed by atoms with E-state index in [2.05, 4.69) is 5.32 Å². The lowest BCUT2D eigenvalue weighted by Gasteiger charge is -2.11. The second kappa shape index (κ2) is 4.86. The van der Waals surface area contributed by atoms with Gasteiger partial charge in [-0.05, 0) is 35.9 Å². The van der Waals surface area contributed by atoms with Crippen LogP contribution in [0.15, 0.2) is 51.7 Å². The Morgan fingerprint density at radius 3 is 2.74 bits per heavy atom. The summed E-state index contributed by atoms with van der Waals surface area (Å²) in [4.78, 5) is 25.0. The fraction of sp³-hybridized carbons (Fsp3) is 0.0588. The molecule has 0 spiro atoms. The summed E-state index contributed by atoms with van der Waals surface area (Å²) in [5.41, 5.74) is 0.835. The lowest BCUT2D eigenvalue weighted by atomic mass is 9.99. The Hall–Kier alpha value is -2.79. The zero-order valence-corrected chi connectivity index (χ0v) is 12.4. The van der Waals surface area contributed by atoms with E-state index in [9.17, 15) is 14.7 Å². The number of phenolic OH excluding ortho intramolecular Hbond substituents is 1. The van der Waals surface area contributed by atoms with Gasteiger partial charge in [-0.1, -0.05) is 23.7 Å². The first-order valence-corrected chi connectivity index (χ1v) is 7.28. The average Bonchev–Trinajstić information content (AvgIpc) is 2.86. The summed E-state index contributed by atoms with van der Waals surface area (Å²) in [7, 11) is 0. The summed E-state index contributed by atoms with van der Waals surface area (Å²) in [5, 5.41) is 13.1. The van der Waals surface area contributed by atoms with Crippen LogP contribution in [0, 0.1) is 0 Å². The molecule has 2 aromatic carbocycles. The van der Waals surface area contributed by atoms with E-state index in [0.29, 0.717) is 21.6 Å². The molecule has 1 atom stereocenters. The third-order valence-corrected chi connectivity index (χ3v) is 4.10. The van der Waals surface area contributed by atoms with Crippen molar-refractivity contribution in [2.24, 2.45) is 0 Å². The van der Waals surface area contributed by atoms with Crippen LogP contribution >= 0.6 is 11.6 Å². The molecule has 0 unspecified atom stereocenters. The Morgan fingerprint density at radius 2 is 1.96 bits per heavy atom. The van der Waals surface area contributed by atoms with Gasteiger partial charge in [0.1, 0.15) is 11.3 Å². The summed E-state index contributed by atoms with van der Waals surface area (Å²) in [6, 6.07) is 10.4. The minimum Gasteiger partial charge on any atom is -0.508 e. The van der Waals surface area contributed by atoms with Gasteiger partial charge in [-0.3, -0.25) is 9.59 Å². The number of benzene rings is 2. The summed E-state index contributed by atoms with van der Waals surface area (Å²) in [5.74, 6) is -0.404. The van der Waals surface area contributed by atoms with Crippen molar-refractivity contribution < 1.29 is 14.3 Å². The van der Waals surface area contributed by atoms with Gasteiger partial charge in [-0.2, -0.15) is 0 Å². The van der Waals surface area contributed by atoms with E-state index >= 15 is 0 Å². The fourth-order valence-corrected chi connectivity index (χ4v) is 3.01. The number of fused-ring (bicyclic) bond motifs is 2. The molecule has 114 valence electrons. The topological polar surface area (TPSA) is 79.5 Å². The highest BCUT2D eigenvalue weighted by Crippen LogP contribution is 2.32. The van der Waals surface area contributed by atoms with Crippen LogP contribution in [0.2, 0.25) is 5.02 Å². The van der Waals surface area contributed by atoms with Gasteiger partial charge in [-0.25, -0.2) is 0 Å². The van der Waals surface area contributed by atoms with Crippen LogP contribution in [0.5, 0.6) is 5.75 Å². The molecule has 1 aliphatic heterocycles. The van der Waals surface area contributed by atoms with E-state index < -0.39 is 11.9 Å². The number of hydrogen-bond donors (Lipinski definition) is 2. The molecule has 2 heterocycles. The van der Waals surface area contributed by atoms with E-state index in [0.717, 1.165) is 0 Å². The van der Waals surface area contributed by atoms with Crippen LogP contribution in [0.3, 0.4) is 0 Å². The maximum atomic E-state index is 12.8. The van der Waals surface area contributed by atoms with Gasteiger partial charge in [0, 0.05) is 5.02 Å². The van der Waals surface area contributed by atoms with E-state index in [1.807, 2.05) is 0 Å². The third kappa shape index (κ3) is 2.09. The van der Waals surface area contributed by atoms with Crippen molar-refractivity contribution in [3.8, 4) is 5.75 Å². The quantitative estimate of drug-likeness (QED) is 0.720. The Labute approximate surface area is 135 Å². The predicted molar refractivity (Wildman–Crippen MR) is 84.9 cm³/mol. The first-order valence-electron chi connectivity index (χ1n) is 6.90. The standard InChI is InChI=1S/C17H10ClNO4/c18-9-4-5-12-11(7-9)15(21)13-14(19-17(22)16(13)23-12)8-2-1-3-10(20)6-8/h1-7,14,20H,(H,19,22)/t14-/m1/s1. The highest BCUT2D eigenvalue weighted by Gasteiger charge is 2.35. The van der Waals surface area contributed by atoms with Crippen LogP contribution in [-0.4, -0.2) is 11.0 Å². The van der Waals surface area contributed by atoms with Crippen LogP contribution in [0.4, 0.5) is 0 Å². The summed E-state index contributed by atoms with van der Waals surface area (Å²) >= 11 is 5.95. The van der Waals surface area contributed by atoms with Crippen molar-refractivity contribution in [1.29, 1.82) is 0 Å². The van der Waals surface area contributed by atoms with Crippen molar-refractivity contribution in [3.05, 3.63) is 74.6 Å². The van der Waals surface area contributed by atoms with E-state index in [-0.39, 0.29) is 22.5 Å². The molecule has 1 amide bonds. The van der Waals surface area contributed by atoms with Gasteiger partial charge in [-0.15, -0.1) is 0 Å². The molecule has 23 heavy (non-hydrogen) atoms. The van der Waals surface area contributed by atoms with Crippen molar-refractivity contribution in [1.82, 2.24) is 5.32 Å². The Bertz CT molecular complexity index is 1020. The van der Waals surface area contributed by atoms with E-state index in [4.69, 9.17) is 16.0 Å². The molecule has 0 radical (unpaired) electrons. The van der Waals surface area contributed by atoms with Crippen LogP contribution in [-0.2, 0) is 0 Å². The molecule has 2 N–H and O–H groups in total. The first-order chi connectivity index (χ1) is 11.0. The molecule has 0 saturated carbocycles. The largest absolute Gasteiger partial charge is 0.508 e. The molecular formula is C17H10ClNO4. The van der Waals surface area contributed by atoms with Gasteiger partial charge >= 0.3 is 0 Å². The second-order valence-corrected chi connectivity index (χ2v) is 5.75. The number of nitrogens with one attached hydrogen (secondary N) is 1. The Balaban J connectivity index is 2.01. The maximum Gasteiger partial charge on any atom is 0.288 e. The lowest BCUT2D eigenvalue weighted by molar-refractivity contribution is 0.0938. The lowest BCUT2D eigenvalue weighted by Crippen LogP contribution is -2.21. The smallest absolute Gasteiger partial charge is 0.288 e.